The van der Waals surface area contributed by atoms with Crippen molar-refractivity contribution in [3.05, 3.63) is 83.7 Å². The second-order valence-electron chi connectivity index (χ2n) is 6.80. The summed E-state index contributed by atoms with van der Waals surface area (Å²) in [4.78, 5) is 23.7. The summed E-state index contributed by atoms with van der Waals surface area (Å²) in [5.41, 5.74) is 4.12. The lowest BCUT2D eigenvalue weighted by atomic mass is 10.0. The first-order valence-electron chi connectivity index (χ1n) is 9.08. The van der Waals surface area contributed by atoms with Crippen molar-refractivity contribution in [1.29, 1.82) is 0 Å². The van der Waals surface area contributed by atoms with Crippen LogP contribution >= 0.6 is 0 Å². The van der Waals surface area contributed by atoms with Crippen LogP contribution in [0.4, 0.5) is 4.39 Å². The van der Waals surface area contributed by atoms with Gasteiger partial charge in [-0.1, -0.05) is 18.2 Å². The maximum atomic E-state index is 13.2. The summed E-state index contributed by atoms with van der Waals surface area (Å²) in [6.45, 7) is 2.64. The molecule has 0 spiro atoms. The Morgan fingerprint density at radius 3 is 2.67 bits per heavy atom. The van der Waals surface area contributed by atoms with Gasteiger partial charge < -0.3 is 4.90 Å². The number of rotatable bonds is 3. The minimum absolute atomic E-state index is 0.0651. The Morgan fingerprint density at radius 1 is 1.11 bits per heavy atom. The summed E-state index contributed by atoms with van der Waals surface area (Å²) < 4.78 is 13.2. The molecule has 1 amide bonds. The molecule has 4 rings (SSSR count). The Hall–Kier alpha value is -3.08. The number of likely N-dealkylation sites (tertiary alicyclic amines) is 1. The molecule has 1 aliphatic rings. The van der Waals surface area contributed by atoms with E-state index in [1.165, 1.54) is 12.1 Å². The van der Waals surface area contributed by atoms with Gasteiger partial charge in [-0.05, 0) is 67.3 Å². The third-order valence-electron chi connectivity index (χ3n) is 4.89. The third kappa shape index (κ3) is 3.58. The lowest BCUT2D eigenvalue weighted by molar-refractivity contribution is 0.0727. The SMILES string of the molecule is Cc1cc(-c2ccc(F)cc2)cc(C2CCCN2C(=O)c2ccccn2)n1. The van der Waals surface area contributed by atoms with Gasteiger partial charge in [-0.25, -0.2) is 4.39 Å². The van der Waals surface area contributed by atoms with Crippen LogP contribution in [0.3, 0.4) is 0 Å². The van der Waals surface area contributed by atoms with Gasteiger partial charge in [0.15, 0.2) is 0 Å². The molecule has 2 aromatic heterocycles. The molecule has 0 aliphatic carbocycles. The first-order valence-corrected chi connectivity index (χ1v) is 9.08. The number of hydrogen-bond donors (Lipinski definition) is 0. The number of nitrogens with zero attached hydrogens (tertiary/aromatic N) is 3. The predicted octanol–water partition coefficient (Wildman–Crippen LogP) is 4.57. The predicted molar refractivity (Wildman–Crippen MR) is 102 cm³/mol. The molecular weight excluding hydrogens is 341 g/mol. The molecule has 136 valence electrons. The van der Waals surface area contributed by atoms with E-state index in [1.54, 1.807) is 30.5 Å². The zero-order valence-electron chi connectivity index (χ0n) is 15.1. The monoisotopic (exact) mass is 361 g/mol. The van der Waals surface area contributed by atoms with Gasteiger partial charge in [0.05, 0.1) is 11.7 Å². The number of amides is 1. The normalized spacial score (nSPS) is 16.5. The summed E-state index contributed by atoms with van der Waals surface area (Å²) in [7, 11) is 0. The van der Waals surface area contributed by atoms with E-state index in [-0.39, 0.29) is 17.8 Å². The molecule has 0 radical (unpaired) electrons. The summed E-state index contributed by atoms with van der Waals surface area (Å²) in [6.07, 6.45) is 3.44. The highest BCUT2D eigenvalue weighted by Crippen LogP contribution is 2.34. The molecule has 0 N–H and O–H groups in total. The van der Waals surface area contributed by atoms with Crippen LogP contribution in [-0.4, -0.2) is 27.3 Å². The fraction of sp³-hybridized carbons (Fsp3) is 0.227. The molecule has 0 saturated carbocycles. The van der Waals surface area contributed by atoms with Crippen molar-refractivity contribution in [2.75, 3.05) is 6.54 Å². The van der Waals surface area contributed by atoms with Gasteiger partial charge in [0, 0.05) is 18.4 Å². The van der Waals surface area contributed by atoms with Gasteiger partial charge in [-0.2, -0.15) is 0 Å². The van der Waals surface area contributed by atoms with Gasteiger partial charge >= 0.3 is 0 Å². The number of halogens is 1. The van der Waals surface area contributed by atoms with Crippen molar-refractivity contribution in [1.82, 2.24) is 14.9 Å². The van der Waals surface area contributed by atoms with Crippen molar-refractivity contribution in [2.24, 2.45) is 0 Å². The largest absolute Gasteiger partial charge is 0.329 e. The van der Waals surface area contributed by atoms with E-state index in [0.717, 1.165) is 35.4 Å². The average Bonchev–Trinajstić information content (AvgIpc) is 3.18. The summed E-state index contributed by atoms with van der Waals surface area (Å²) in [5, 5.41) is 0. The molecule has 1 aromatic carbocycles. The highest BCUT2D eigenvalue weighted by molar-refractivity contribution is 5.92. The molecule has 27 heavy (non-hydrogen) atoms. The van der Waals surface area contributed by atoms with E-state index >= 15 is 0 Å². The summed E-state index contributed by atoms with van der Waals surface area (Å²) in [5.74, 6) is -0.322. The molecule has 3 heterocycles. The van der Waals surface area contributed by atoms with Crippen LogP contribution < -0.4 is 0 Å². The van der Waals surface area contributed by atoms with Crippen LogP contribution in [0, 0.1) is 12.7 Å². The molecule has 0 bridgehead atoms. The lowest BCUT2D eigenvalue weighted by Gasteiger charge is -2.24. The molecule has 1 atom stereocenters. The van der Waals surface area contributed by atoms with Gasteiger partial charge in [0.25, 0.3) is 5.91 Å². The number of aryl methyl sites for hydroxylation is 1. The van der Waals surface area contributed by atoms with E-state index in [1.807, 2.05) is 30.0 Å². The molecule has 1 saturated heterocycles. The first-order chi connectivity index (χ1) is 13.1. The average molecular weight is 361 g/mol. The van der Waals surface area contributed by atoms with Gasteiger partial charge in [-0.3, -0.25) is 14.8 Å². The Bertz CT molecular complexity index is 957. The second kappa shape index (κ2) is 7.27. The van der Waals surface area contributed by atoms with E-state index in [4.69, 9.17) is 4.98 Å². The van der Waals surface area contributed by atoms with E-state index < -0.39 is 0 Å². The van der Waals surface area contributed by atoms with Crippen molar-refractivity contribution in [3.63, 3.8) is 0 Å². The smallest absolute Gasteiger partial charge is 0.273 e. The zero-order chi connectivity index (χ0) is 18.8. The lowest BCUT2D eigenvalue weighted by Crippen LogP contribution is -2.31. The van der Waals surface area contributed by atoms with Crippen LogP contribution in [-0.2, 0) is 0 Å². The van der Waals surface area contributed by atoms with E-state index in [2.05, 4.69) is 4.98 Å². The van der Waals surface area contributed by atoms with E-state index in [0.29, 0.717) is 12.2 Å². The molecule has 4 nitrogen and oxygen atoms in total. The number of hydrogen-bond acceptors (Lipinski definition) is 3. The van der Waals surface area contributed by atoms with Crippen molar-refractivity contribution < 1.29 is 9.18 Å². The maximum Gasteiger partial charge on any atom is 0.273 e. The van der Waals surface area contributed by atoms with Gasteiger partial charge in [-0.15, -0.1) is 0 Å². The topological polar surface area (TPSA) is 46.1 Å². The summed E-state index contributed by atoms with van der Waals surface area (Å²) >= 11 is 0. The highest BCUT2D eigenvalue weighted by atomic mass is 19.1. The third-order valence-corrected chi connectivity index (χ3v) is 4.89. The number of benzene rings is 1. The van der Waals surface area contributed by atoms with Crippen molar-refractivity contribution >= 4 is 5.91 Å². The molecule has 1 unspecified atom stereocenters. The number of aromatic nitrogens is 2. The minimum Gasteiger partial charge on any atom is -0.329 e. The molecule has 1 fully saturated rings. The highest BCUT2D eigenvalue weighted by Gasteiger charge is 2.32. The Labute approximate surface area is 157 Å². The minimum atomic E-state index is -0.257. The maximum absolute atomic E-state index is 13.2. The molecule has 5 heteroatoms. The Balaban J connectivity index is 1.68. The fourth-order valence-corrected chi connectivity index (χ4v) is 3.63. The van der Waals surface area contributed by atoms with Crippen LogP contribution in [0.15, 0.2) is 60.8 Å². The van der Waals surface area contributed by atoms with Crippen LogP contribution in [0.5, 0.6) is 0 Å². The van der Waals surface area contributed by atoms with Crippen LogP contribution in [0.25, 0.3) is 11.1 Å². The van der Waals surface area contributed by atoms with Crippen molar-refractivity contribution in [3.8, 4) is 11.1 Å². The Kier molecular flexibility index (Phi) is 4.67. The molecule has 3 aromatic rings. The van der Waals surface area contributed by atoms with Crippen molar-refractivity contribution in [2.45, 2.75) is 25.8 Å². The fourth-order valence-electron chi connectivity index (χ4n) is 3.63. The standard InChI is InChI=1S/C22H20FN3O/c1-15-13-17(16-7-9-18(23)10-8-16)14-20(25-15)21-6-4-12-26(21)22(27)19-5-2-3-11-24-19/h2-3,5,7-11,13-14,21H,4,6,12H2,1H3. The zero-order valence-corrected chi connectivity index (χ0v) is 15.1. The van der Waals surface area contributed by atoms with Gasteiger partial charge in [0.2, 0.25) is 0 Å². The molecule has 1 aliphatic heterocycles. The van der Waals surface area contributed by atoms with Gasteiger partial charge in [0.1, 0.15) is 11.5 Å². The van der Waals surface area contributed by atoms with Crippen LogP contribution in [0.2, 0.25) is 0 Å². The first kappa shape index (κ1) is 17.3. The van der Waals surface area contributed by atoms with Crippen LogP contribution in [0.1, 0.15) is 40.8 Å². The number of carbonyl (C=O) groups is 1. The number of carbonyl (C=O) groups excluding carboxylic acids is 1. The quantitative estimate of drug-likeness (QED) is 0.687. The summed E-state index contributed by atoms with van der Waals surface area (Å²) in [6, 6.07) is 15.7. The second-order valence-corrected chi connectivity index (χ2v) is 6.80. The van der Waals surface area contributed by atoms with E-state index in [9.17, 15) is 9.18 Å². The molecular formula is C22H20FN3O. The Morgan fingerprint density at radius 2 is 1.93 bits per heavy atom. The number of pyridine rings is 2.